The number of aliphatic hydroxyl groups excluding tert-OH is 19. The van der Waals surface area contributed by atoms with E-state index < -0.39 is 292 Å². The molecule has 0 saturated carbocycles. The molecule has 3 aromatic heterocycles. The molecule has 123 heavy (non-hydrogen) atoms. The average molecular weight is 1810 g/mol. The third-order valence-corrected chi connectivity index (χ3v) is 22.6. The number of phosphoric ester groups is 2. The molecule has 7 aliphatic rings. The van der Waals surface area contributed by atoms with Gasteiger partial charge in [-0.3, -0.25) is 37.6 Å². The predicted molar refractivity (Wildman–Crippen MR) is 387 cm³/mol. The lowest BCUT2D eigenvalue weighted by molar-refractivity contribution is -0.371. The van der Waals surface area contributed by atoms with Crippen LogP contribution >= 0.6 is 15.6 Å². The van der Waals surface area contributed by atoms with E-state index >= 15 is 0 Å². The van der Waals surface area contributed by atoms with Crippen molar-refractivity contribution >= 4 is 62.0 Å². The Kier molecular flexibility index (Phi) is 33.0. The maximum absolute atomic E-state index is 12.2. The van der Waals surface area contributed by atoms with E-state index in [2.05, 4.69) is 28.7 Å². The van der Waals surface area contributed by atoms with Gasteiger partial charge in [-0.05, 0) is 49.2 Å². The molecule has 10 heterocycles. The van der Waals surface area contributed by atoms with Gasteiger partial charge < -0.3 is 197 Å². The summed E-state index contributed by atoms with van der Waals surface area (Å²) in [6, 6.07) is 10.2. The Balaban J connectivity index is 0.000000196. The predicted octanol–water partition coefficient (Wildman–Crippen LogP) is -13.3. The Morgan fingerprint density at radius 3 is 1.32 bits per heavy atom. The molecule has 0 aliphatic carbocycles. The van der Waals surface area contributed by atoms with Crippen LogP contribution in [0.25, 0.3) is 21.9 Å². The molecule has 0 spiro atoms. The highest BCUT2D eigenvalue weighted by Gasteiger charge is 2.57. The van der Waals surface area contributed by atoms with Gasteiger partial charge in [-0.25, -0.2) is 18.7 Å². The van der Waals surface area contributed by atoms with Crippen molar-refractivity contribution in [2.45, 2.75) is 236 Å². The van der Waals surface area contributed by atoms with Crippen molar-refractivity contribution in [1.82, 2.24) is 20.2 Å². The molecule has 52 nitrogen and oxygen atoms in total. The second-order valence-electron chi connectivity index (χ2n) is 28.7. The van der Waals surface area contributed by atoms with E-state index in [0.717, 1.165) is 19.2 Å². The standard InChI is InChI=1S/C30H39NO18.C24H31NO13.C15H22N2O17P2/c1-10-5-18(36)44-14-6-12(3-4-13(10)14)43-28-19(31-11(2)35)22(39)26(17(9-34)47-28)48-30-25(42)27(21(38)16(8-33)46-30)49-29-24(41)23(40)20(37)15(7-32)45-29;1-9-5-16(29)35-13-6-11(3-4-12(9)13)34-23-17(25-10(2)28)19(31)22(15(8-27)37-23)38-24-21(33)20(32)18(30)14(7-26)36-24;18-3-5-8(20)10(22)12(24)14(32-5)33-36(28,29)34-35(26,27)30-4-6-9(21)11(23)13(31-6)17-2-1-7(19)16-15(17)25/h3-7,15-17,19-30,33-34,37-42H,8-9H2,1-2H3,(H,31,35);3-6,14-15,17-24,26-27,30-33H,7-8H2,1-2H3,(H,25,28);1-3,5-6,8-14,20-24H,4H2,(H,26,27)(H,28,29)(H,16,19,25)/p-2/t15-,16-,17-,19-,20+,21+,22-,23+,24-,25-,26-,27+,28-,29-,30+;14-,15-,17-,18+,19-,20+,21-,22-,23-,24+;5-,6?,8+,9?,10+,11?,12-,13?,14-/m111/s1. The summed E-state index contributed by atoms with van der Waals surface area (Å²) < 4.78 is 114. The number of benzene rings is 2. The highest BCUT2D eigenvalue weighted by Crippen LogP contribution is 2.57. The van der Waals surface area contributed by atoms with Crippen molar-refractivity contribution in [1.29, 1.82) is 0 Å². The normalized spacial score (nSPS) is 38.1. The summed E-state index contributed by atoms with van der Waals surface area (Å²) in [5.41, 5.74) is -1.17. The monoisotopic (exact) mass is 1800 g/mol. The van der Waals surface area contributed by atoms with E-state index in [1.807, 2.05) is 4.98 Å². The van der Waals surface area contributed by atoms with Crippen molar-refractivity contribution in [3.63, 3.8) is 0 Å². The van der Waals surface area contributed by atoms with Gasteiger partial charge in [0.1, 0.15) is 187 Å². The van der Waals surface area contributed by atoms with Crippen molar-refractivity contribution < 1.29 is 214 Å². The van der Waals surface area contributed by atoms with Gasteiger partial charge in [-0.1, -0.05) is 0 Å². The van der Waals surface area contributed by atoms with Crippen LogP contribution in [0.5, 0.6) is 11.5 Å². The summed E-state index contributed by atoms with van der Waals surface area (Å²) in [6.07, 6.45) is -54.3. The quantitative estimate of drug-likeness (QED) is 0.0139. The van der Waals surface area contributed by atoms with Gasteiger partial charge in [0, 0.05) is 61.1 Å². The zero-order chi connectivity index (χ0) is 90.5. The minimum absolute atomic E-state index is 0.0376. The number of carbonyl (C=O) groups excluding carboxylic acids is 4. The first-order chi connectivity index (χ1) is 58.0. The van der Waals surface area contributed by atoms with E-state index in [1.165, 1.54) is 37.3 Å². The molecule has 7 fully saturated rings. The number of hydrogen-bond acceptors (Lipinski definition) is 48. The van der Waals surface area contributed by atoms with Crippen molar-refractivity contribution in [3.8, 4) is 11.5 Å². The number of hydrogen-bond donors (Lipinski definition) is 22. The van der Waals surface area contributed by atoms with Crippen LogP contribution in [0.1, 0.15) is 31.2 Å². The molecule has 686 valence electrons. The summed E-state index contributed by atoms with van der Waals surface area (Å²) in [7, 11) is -11.8. The number of aromatic amines is 1. The Morgan fingerprint density at radius 2 is 0.870 bits per heavy atom. The first-order valence-corrected chi connectivity index (χ1v) is 39.9. The summed E-state index contributed by atoms with van der Waals surface area (Å²) in [4.78, 5) is 119. The van der Waals surface area contributed by atoms with Crippen molar-refractivity contribution in [2.75, 3.05) is 33.0 Å². The molecule has 12 rings (SSSR count). The zero-order valence-corrected chi connectivity index (χ0v) is 66.1. The number of aryl methyl sites for hydroxylation is 2. The zero-order valence-electron chi connectivity index (χ0n) is 64.3. The van der Waals surface area contributed by atoms with Crippen LogP contribution in [-0.2, 0) is 89.0 Å². The van der Waals surface area contributed by atoms with Crippen LogP contribution in [-0.4, -0.2) is 366 Å². The number of aliphatic hydroxyl groups is 19. The highest BCUT2D eigenvalue weighted by molar-refractivity contribution is 7.59. The molecule has 6 unspecified atom stereocenters. The van der Waals surface area contributed by atoms with Crippen LogP contribution in [0.4, 0.5) is 0 Å². The van der Waals surface area contributed by atoms with E-state index in [4.69, 9.17) is 60.9 Å². The number of H-pyrrole nitrogens is 1. The molecule has 54 heteroatoms. The molecule has 0 radical (unpaired) electrons. The topological polar surface area (TPSA) is 811 Å². The van der Waals surface area contributed by atoms with Gasteiger partial charge >= 0.3 is 16.9 Å². The summed E-state index contributed by atoms with van der Waals surface area (Å²) in [5.74, 6) is -0.901. The minimum atomic E-state index is -5.94. The van der Waals surface area contributed by atoms with E-state index in [1.54, 1.807) is 32.0 Å². The third kappa shape index (κ3) is 22.7. The Morgan fingerprint density at radius 1 is 0.463 bits per heavy atom. The first kappa shape index (κ1) is 97.7. The maximum Gasteiger partial charge on any atom is 0.336 e. The fourth-order valence-corrected chi connectivity index (χ4v) is 15.9. The maximum atomic E-state index is 12.2. The number of aromatic nitrogens is 2. The second kappa shape index (κ2) is 41.5. The number of nitrogens with one attached hydrogen (secondary N) is 3. The molecule has 7 saturated heterocycles. The Labute approximate surface area is 688 Å². The molecule has 7 aliphatic heterocycles. The van der Waals surface area contributed by atoms with E-state index in [9.17, 15) is 154 Å². The minimum Gasteiger partial charge on any atom is -0.756 e. The summed E-state index contributed by atoms with van der Waals surface area (Å²) in [5, 5.41) is 200. The van der Waals surface area contributed by atoms with Gasteiger partial charge in [-0.15, -0.1) is 0 Å². The number of aldehydes is 2. The number of fused-ring (bicyclic) bond motifs is 2. The molecule has 2 amide bonds. The Hall–Kier alpha value is -7.48. The number of phosphoric acid groups is 2. The number of rotatable bonds is 26. The van der Waals surface area contributed by atoms with Gasteiger partial charge in [-0.2, -0.15) is 0 Å². The van der Waals surface area contributed by atoms with Gasteiger partial charge in [0.2, 0.25) is 24.4 Å². The lowest BCUT2D eigenvalue weighted by Crippen LogP contribution is -2.68. The SMILES string of the molecule is CC(=O)N[C@H]1[C@H](Oc2ccc3c(C)cc(=O)oc3c2)O[C@H](CO)[C@@H](O[C@@H]2O[C@H](CO)[C@H](O)[C@H](O)[C@H]2O)[C@@H]1O.CC(=O)N[C@H]1[C@H](Oc2ccc3c(C)cc(=O)oc3c2)O[C@H](CO)[C@@H](O[C@@H]2O[C@H](CO)[C@H](O)[C@H](O[C@H]3O[C@H](C=O)[C@H](O)[C@H](O)[C@H]3O)[C@H]2O)[C@@H]1O.O=C[C@H]1O[C@H](OP(=O)([O-])OP(=O)([O-])OCC2OC(n3ccc(=O)[nH]c3=O)C(O)C2O)[C@H](O)[C@@H](O)[C@H]1O. The molecule has 36 atom stereocenters. The van der Waals surface area contributed by atoms with Crippen LogP contribution in [0, 0.1) is 13.8 Å². The lowest BCUT2D eigenvalue weighted by atomic mass is 9.95. The van der Waals surface area contributed by atoms with Gasteiger partial charge in [0.05, 0.1) is 33.0 Å². The fraction of sp³-hybridized carbons (Fsp3) is 0.623. The van der Waals surface area contributed by atoms with Crippen LogP contribution < -0.4 is 52.4 Å². The van der Waals surface area contributed by atoms with Crippen LogP contribution in [0.2, 0.25) is 0 Å². The number of carbonyl (C=O) groups is 4. The highest BCUT2D eigenvalue weighted by atomic mass is 31.3. The second-order valence-corrected chi connectivity index (χ2v) is 31.6. The van der Waals surface area contributed by atoms with Crippen molar-refractivity contribution in [3.05, 3.63) is 114 Å². The van der Waals surface area contributed by atoms with Crippen LogP contribution in [0.3, 0.4) is 0 Å². The third-order valence-electron chi connectivity index (χ3n) is 20.1. The number of amides is 2. The summed E-state index contributed by atoms with van der Waals surface area (Å²) >= 11 is 0. The number of nitrogens with zero attached hydrogens (tertiary/aromatic N) is 1. The molecular formula is C69H90N4O48P2-2. The van der Waals surface area contributed by atoms with Crippen molar-refractivity contribution in [2.24, 2.45) is 0 Å². The Bertz CT molecular complexity index is 4790. The fourth-order valence-electron chi connectivity index (χ4n) is 13.8. The smallest absolute Gasteiger partial charge is 0.336 e. The number of ether oxygens (including phenoxy) is 12. The van der Waals surface area contributed by atoms with Crippen LogP contribution in [0.15, 0.2) is 88.8 Å². The first-order valence-electron chi connectivity index (χ1n) is 37.0. The lowest BCUT2D eigenvalue weighted by Gasteiger charge is -2.48. The molecule has 0 bridgehead atoms. The molecule has 5 aromatic rings. The van der Waals surface area contributed by atoms with Gasteiger partial charge in [0.25, 0.3) is 21.2 Å². The average Bonchev–Trinajstić information content (AvgIpc) is 1.34. The molecular weight excluding hydrogens is 1710 g/mol. The largest absolute Gasteiger partial charge is 0.756 e. The molecule has 2 aromatic carbocycles. The van der Waals surface area contributed by atoms with Gasteiger partial charge in [0.15, 0.2) is 44.0 Å². The molecule has 22 N–H and O–H groups in total. The summed E-state index contributed by atoms with van der Waals surface area (Å²) in [6.45, 7) is 1.63. The van der Waals surface area contributed by atoms with E-state index in [0.29, 0.717) is 26.5 Å². The van der Waals surface area contributed by atoms with E-state index in [-0.39, 0.29) is 35.2 Å².